The monoisotopic (exact) mass is 230 g/mol. The molecule has 1 aliphatic heterocycles. The molecule has 1 saturated heterocycles. The van der Waals surface area contributed by atoms with Crippen molar-refractivity contribution in [2.24, 2.45) is 5.73 Å². The van der Waals surface area contributed by atoms with Gasteiger partial charge in [-0.15, -0.1) is 0 Å². The van der Waals surface area contributed by atoms with Crippen molar-refractivity contribution in [3.05, 3.63) is 0 Å². The first-order chi connectivity index (χ1) is 7.50. The molecule has 94 valence electrons. The van der Waals surface area contributed by atoms with Crippen LogP contribution >= 0.6 is 0 Å². The zero-order valence-corrected chi connectivity index (χ0v) is 10.4. The van der Waals surface area contributed by atoms with Gasteiger partial charge in [0.05, 0.1) is 19.8 Å². The Labute approximate surface area is 96.9 Å². The lowest BCUT2D eigenvalue weighted by Gasteiger charge is -2.43. The molecule has 1 aliphatic rings. The van der Waals surface area contributed by atoms with E-state index in [9.17, 15) is 4.79 Å². The fourth-order valence-corrected chi connectivity index (χ4v) is 1.86. The molecule has 1 atom stereocenters. The number of esters is 1. The Morgan fingerprint density at radius 2 is 2.06 bits per heavy atom. The Hall–Kier alpha value is -0.650. The zero-order chi connectivity index (χ0) is 12.2. The Morgan fingerprint density at radius 3 is 2.56 bits per heavy atom. The number of hydrogen-bond donors (Lipinski definition) is 1. The summed E-state index contributed by atoms with van der Waals surface area (Å²) in [4.78, 5) is 13.8. The van der Waals surface area contributed by atoms with Gasteiger partial charge >= 0.3 is 5.97 Å². The van der Waals surface area contributed by atoms with E-state index < -0.39 is 11.6 Å². The Morgan fingerprint density at radius 1 is 1.50 bits per heavy atom. The van der Waals surface area contributed by atoms with Crippen LogP contribution in [0.5, 0.6) is 0 Å². The van der Waals surface area contributed by atoms with Crippen LogP contribution in [-0.2, 0) is 14.3 Å². The van der Waals surface area contributed by atoms with Crippen LogP contribution in [0.15, 0.2) is 0 Å². The second kappa shape index (κ2) is 5.61. The Kier molecular flexibility index (Phi) is 4.70. The largest absolute Gasteiger partial charge is 0.465 e. The highest BCUT2D eigenvalue weighted by Crippen LogP contribution is 2.20. The van der Waals surface area contributed by atoms with E-state index in [1.165, 1.54) is 0 Å². The van der Waals surface area contributed by atoms with Gasteiger partial charge in [0.25, 0.3) is 0 Å². The minimum Gasteiger partial charge on any atom is -0.465 e. The molecule has 1 heterocycles. The predicted molar refractivity (Wildman–Crippen MR) is 61.1 cm³/mol. The maximum absolute atomic E-state index is 11.6. The van der Waals surface area contributed by atoms with E-state index in [1.54, 1.807) is 6.92 Å². The van der Waals surface area contributed by atoms with Crippen molar-refractivity contribution >= 4 is 5.97 Å². The third-order valence-electron chi connectivity index (χ3n) is 3.13. The molecule has 0 aromatic rings. The van der Waals surface area contributed by atoms with Crippen LogP contribution in [0.1, 0.15) is 20.8 Å². The molecule has 5 nitrogen and oxygen atoms in total. The first kappa shape index (κ1) is 13.4. The van der Waals surface area contributed by atoms with Crippen LogP contribution in [0.25, 0.3) is 0 Å². The van der Waals surface area contributed by atoms with Crippen molar-refractivity contribution in [3.8, 4) is 0 Å². The molecule has 0 bridgehead atoms. The van der Waals surface area contributed by atoms with Crippen molar-refractivity contribution in [2.45, 2.75) is 32.4 Å². The summed E-state index contributed by atoms with van der Waals surface area (Å²) in [7, 11) is 0. The number of nitrogens with two attached hydrogens (primary N) is 1. The average molecular weight is 230 g/mol. The van der Waals surface area contributed by atoms with Crippen LogP contribution in [0.2, 0.25) is 0 Å². The maximum Gasteiger partial charge on any atom is 0.324 e. The molecule has 2 N–H and O–H groups in total. The third kappa shape index (κ3) is 2.93. The number of rotatable bonds is 4. The van der Waals surface area contributed by atoms with E-state index in [4.69, 9.17) is 15.2 Å². The van der Waals surface area contributed by atoms with Crippen LogP contribution in [0, 0.1) is 0 Å². The summed E-state index contributed by atoms with van der Waals surface area (Å²) in [6.45, 7) is 9.09. The normalized spacial score (nSPS) is 20.5. The summed E-state index contributed by atoms with van der Waals surface area (Å²) in [5.41, 5.74) is 5.56. The number of carbonyl (C=O) groups is 1. The molecule has 5 heteroatoms. The standard InChI is InChI=1S/C11H22N2O3/c1-4-16-10(14)9(12)11(2,3)13-5-7-15-8-6-13/h9H,4-8,12H2,1-3H3/t9-/m0/s1. The summed E-state index contributed by atoms with van der Waals surface area (Å²) in [5.74, 6) is -0.334. The van der Waals surface area contributed by atoms with Gasteiger partial charge in [0, 0.05) is 18.6 Å². The molecular formula is C11H22N2O3. The first-order valence-electron chi connectivity index (χ1n) is 5.75. The van der Waals surface area contributed by atoms with Crippen molar-refractivity contribution in [2.75, 3.05) is 32.9 Å². The molecule has 1 fully saturated rings. The molecule has 0 amide bonds. The lowest BCUT2D eigenvalue weighted by Crippen LogP contribution is -2.62. The molecule has 0 spiro atoms. The highest BCUT2D eigenvalue weighted by atomic mass is 16.5. The fourth-order valence-electron chi connectivity index (χ4n) is 1.86. The summed E-state index contributed by atoms with van der Waals surface area (Å²) in [6, 6.07) is -0.620. The van der Waals surface area contributed by atoms with Crippen LogP contribution in [0.4, 0.5) is 0 Å². The number of hydrogen-bond acceptors (Lipinski definition) is 5. The molecule has 0 unspecified atom stereocenters. The molecule has 0 radical (unpaired) electrons. The van der Waals surface area contributed by atoms with E-state index in [2.05, 4.69) is 4.90 Å². The topological polar surface area (TPSA) is 64.8 Å². The van der Waals surface area contributed by atoms with E-state index >= 15 is 0 Å². The predicted octanol–water partition coefficient (Wildman–Crippen LogP) is -0.0124. The quantitative estimate of drug-likeness (QED) is 0.688. The number of ether oxygens (including phenoxy) is 2. The van der Waals surface area contributed by atoms with Gasteiger partial charge in [0.15, 0.2) is 0 Å². The Bertz CT molecular complexity index is 237. The summed E-state index contributed by atoms with van der Waals surface area (Å²) in [6.07, 6.45) is 0. The average Bonchev–Trinajstić information content (AvgIpc) is 2.29. The smallest absolute Gasteiger partial charge is 0.324 e. The maximum atomic E-state index is 11.6. The van der Waals surface area contributed by atoms with Crippen molar-refractivity contribution < 1.29 is 14.3 Å². The third-order valence-corrected chi connectivity index (χ3v) is 3.13. The van der Waals surface area contributed by atoms with Gasteiger partial charge < -0.3 is 15.2 Å². The molecule has 0 aromatic carbocycles. The van der Waals surface area contributed by atoms with Crippen LogP contribution in [-0.4, -0.2) is 55.4 Å². The van der Waals surface area contributed by atoms with Crippen LogP contribution < -0.4 is 5.73 Å². The number of morpholine rings is 1. The second-order valence-electron chi connectivity index (χ2n) is 4.48. The molecular weight excluding hydrogens is 208 g/mol. The van der Waals surface area contributed by atoms with Gasteiger partial charge in [-0.25, -0.2) is 0 Å². The van der Waals surface area contributed by atoms with Crippen LogP contribution in [0.3, 0.4) is 0 Å². The summed E-state index contributed by atoms with van der Waals surface area (Å²) in [5, 5.41) is 0. The second-order valence-corrected chi connectivity index (χ2v) is 4.48. The van der Waals surface area contributed by atoms with Crippen molar-refractivity contribution in [1.29, 1.82) is 0 Å². The summed E-state index contributed by atoms with van der Waals surface area (Å²) < 4.78 is 10.2. The molecule has 16 heavy (non-hydrogen) atoms. The highest BCUT2D eigenvalue weighted by molar-refractivity contribution is 5.77. The van der Waals surface area contributed by atoms with Gasteiger partial charge in [-0.1, -0.05) is 0 Å². The van der Waals surface area contributed by atoms with E-state index in [0.717, 1.165) is 13.1 Å². The minimum atomic E-state index is -0.620. The minimum absolute atomic E-state index is 0.334. The molecule has 1 rings (SSSR count). The lowest BCUT2D eigenvalue weighted by molar-refractivity contribution is -0.149. The van der Waals surface area contributed by atoms with Gasteiger partial charge in [0.1, 0.15) is 6.04 Å². The van der Waals surface area contributed by atoms with E-state index in [1.807, 2.05) is 13.8 Å². The SMILES string of the molecule is CCOC(=O)[C@H](N)C(C)(C)N1CCOCC1. The highest BCUT2D eigenvalue weighted by Gasteiger charge is 2.38. The van der Waals surface area contributed by atoms with Gasteiger partial charge in [-0.3, -0.25) is 9.69 Å². The van der Waals surface area contributed by atoms with E-state index in [0.29, 0.717) is 19.8 Å². The fraction of sp³-hybridized carbons (Fsp3) is 0.909. The Balaban J connectivity index is 2.63. The molecule has 0 aromatic heterocycles. The van der Waals surface area contributed by atoms with Gasteiger partial charge in [0.2, 0.25) is 0 Å². The summed E-state index contributed by atoms with van der Waals surface area (Å²) >= 11 is 0. The number of carbonyl (C=O) groups excluding carboxylic acids is 1. The van der Waals surface area contributed by atoms with E-state index in [-0.39, 0.29) is 5.97 Å². The first-order valence-corrected chi connectivity index (χ1v) is 5.75. The number of nitrogens with zero attached hydrogens (tertiary/aromatic N) is 1. The van der Waals surface area contributed by atoms with Gasteiger partial charge in [-0.05, 0) is 20.8 Å². The van der Waals surface area contributed by atoms with Gasteiger partial charge in [-0.2, -0.15) is 0 Å². The lowest BCUT2D eigenvalue weighted by atomic mass is 9.92. The zero-order valence-electron chi connectivity index (χ0n) is 10.4. The van der Waals surface area contributed by atoms with Crippen molar-refractivity contribution in [3.63, 3.8) is 0 Å². The molecule has 0 saturated carbocycles. The molecule has 0 aliphatic carbocycles. The van der Waals surface area contributed by atoms with Crippen molar-refractivity contribution in [1.82, 2.24) is 4.90 Å².